The lowest BCUT2D eigenvalue weighted by Gasteiger charge is -2.17. The Labute approximate surface area is 151 Å². The van der Waals surface area contributed by atoms with Gasteiger partial charge >= 0.3 is 0 Å². The lowest BCUT2D eigenvalue weighted by atomic mass is 10.2. The molecular formula is C17H20F2N4O2S. The average molecular weight is 382 g/mol. The third kappa shape index (κ3) is 4.95. The van der Waals surface area contributed by atoms with Crippen molar-refractivity contribution in [3.8, 4) is 0 Å². The molecule has 140 valence electrons. The molecule has 0 aliphatic carbocycles. The fraction of sp³-hybridized carbons (Fsp3) is 0.412. The highest BCUT2D eigenvalue weighted by atomic mass is 32.2. The molecule has 0 radical (unpaired) electrons. The molecule has 2 aromatic rings. The first kappa shape index (κ1) is 18.7. The Hall–Kier alpha value is -2.13. The van der Waals surface area contributed by atoms with Crippen LogP contribution < -0.4 is 9.62 Å². The molecule has 1 aliphatic rings. The molecule has 26 heavy (non-hydrogen) atoms. The minimum atomic E-state index is -3.79. The van der Waals surface area contributed by atoms with Crippen LogP contribution in [-0.4, -0.2) is 31.5 Å². The van der Waals surface area contributed by atoms with Crippen LogP contribution in [0.1, 0.15) is 29.9 Å². The summed E-state index contributed by atoms with van der Waals surface area (Å²) in [5, 5.41) is 0. The van der Waals surface area contributed by atoms with Crippen LogP contribution in [-0.2, 0) is 22.3 Å². The molecule has 2 heterocycles. The number of halogens is 2. The smallest absolute Gasteiger partial charge is 0.216 e. The van der Waals surface area contributed by atoms with E-state index in [0.29, 0.717) is 11.9 Å². The second-order valence-corrected chi connectivity index (χ2v) is 8.14. The Morgan fingerprint density at radius 1 is 1.08 bits per heavy atom. The number of anilines is 1. The third-order valence-electron chi connectivity index (χ3n) is 4.05. The Kier molecular flexibility index (Phi) is 5.47. The van der Waals surface area contributed by atoms with Crippen molar-refractivity contribution in [2.45, 2.75) is 32.1 Å². The molecule has 0 bridgehead atoms. The predicted molar refractivity (Wildman–Crippen MR) is 94.0 cm³/mol. The fourth-order valence-electron chi connectivity index (χ4n) is 2.94. The zero-order chi connectivity index (χ0) is 18.7. The van der Waals surface area contributed by atoms with E-state index in [9.17, 15) is 17.2 Å². The van der Waals surface area contributed by atoms with Gasteiger partial charge in [-0.2, -0.15) is 0 Å². The minimum Gasteiger partial charge on any atom is -0.357 e. The van der Waals surface area contributed by atoms with E-state index >= 15 is 0 Å². The Bertz CT molecular complexity index is 879. The van der Waals surface area contributed by atoms with Gasteiger partial charge in [0.2, 0.25) is 10.0 Å². The molecule has 0 atom stereocenters. The second kappa shape index (κ2) is 7.63. The Morgan fingerprint density at radius 3 is 2.38 bits per heavy atom. The standard InChI is InChI=1S/C17H20F2N4O2S/c1-12-6-17(23-4-2-3-5-23)22-16(21-12)10-20-26(24,25)11-13-7-14(18)9-15(19)8-13/h6-9,20H,2-5,10-11H2,1H3. The molecule has 0 amide bonds. The van der Waals surface area contributed by atoms with Gasteiger partial charge in [-0.05, 0) is 37.5 Å². The number of aromatic nitrogens is 2. The fourth-order valence-corrected chi connectivity index (χ4v) is 4.00. The van der Waals surface area contributed by atoms with E-state index < -0.39 is 27.4 Å². The zero-order valence-corrected chi connectivity index (χ0v) is 15.2. The molecule has 6 nitrogen and oxygen atoms in total. The van der Waals surface area contributed by atoms with Gasteiger partial charge in [0.15, 0.2) is 0 Å². The number of hydrogen-bond acceptors (Lipinski definition) is 5. The molecule has 0 unspecified atom stereocenters. The number of hydrogen-bond donors (Lipinski definition) is 1. The highest BCUT2D eigenvalue weighted by molar-refractivity contribution is 7.88. The van der Waals surface area contributed by atoms with E-state index in [1.807, 2.05) is 13.0 Å². The molecule has 1 fully saturated rings. The molecule has 1 aromatic carbocycles. The monoisotopic (exact) mass is 382 g/mol. The van der Waals surface area contributed by atoms with Gasteiger partial charge in [-0.15, -0.1) is 0 Å². The van der Waals surface area contributed by atoms with Crippen molar-refractivity contribution in [3.05, 3.63) is 53.0 Å². The molecule has 0 saturated carbocycles. The van der Waals surface area contributed by atoms with E-state index in [1.54, 1.807) is 0 Å². The van der Waals surface area contributed by atoms with Crippen LogP contribution in [0.15, 0.2) is 24.3 Å². The molecule has 3 rings (SSSR count). The van der Waals surface area contributed by atoms with Crippen molar-refractivity contribution >= 4 is 15.8 Å². The van der Waals surface area contributed by atoms with E-state index in [0.717, 1.165) is 49.6 Å². The summed E-state index contributed by atoms with van der Waals surface area (Å²) in [6.07, 6.45) is 2.21. The van der Waals surface area contributed by atoms with Crippen LogP contribution in [0.4, 0.5) is 14.6 Å². The first-order chi connectivity index (χ1) is 12.3. The summed E-state index contributed by atoms with van der Waals surface area (Å²) in [4.78, 5) is 10.8. The van der Waals surface area contributed by atoms with Gasteiger partial charge in [0.05, 0.1) is 12.3 Å². The van der Waals surface area contributed by atoms with Crippen LogP contribution in [0.2, 0.25) is 0 Å². The predicted octanol–water partition coefficient (Wildman–Crippen LogP) is 2.28. The SMILES string of the molecule is Cc1cc(N2CCCC2)nc(CNS(=O)(=O)Cc2cc(F)cc(F)c2)n1. The molecule has 0 spiro atoms. The second-order valence-electron chi connectivity index (χ2n) is 6.34. The minimum absolute atomic E-state index is 0.0397. The van der Waals surface area contributed by atoms with Crippen LogP contribution in [0.25, 0.3) is 0 Å². The zero-order valence-electron chi connectivity index (χ0n) is 14.4. The number of benzene rings is 1. The van der Waals surface area contributed by atoms with Crippen molar-refractivity contribution in [3.63, 3.8) is 0 Å². The highest BCUT2D eigenvalue weighted by Crippen LogP contribution is 2.18. The summed E-state index contributed by atoms with van der Waals surface area (Å²) >= 11 is 0. The quantitative estimate of drug-likeness (QED) is 0.830. The summed E-state index contributed by atoms with van der Waals surface area (Å²) < 4.78 is 53.2. The maximum absolute atomic E-state index is 13.2. The van der Waals surface area contributed by atoms with Crippen molar-refractivity contribution in [1.82, 2.24) is 14.7 Å². The van der Waals surface area contributed by atoms with E-state index in [1.165, 1.54) is 0 Å². The largest absolute Gasteiger partial charge is 0.357 e. The van der Waals surface area contributed by atoms with Crippen LogP contribution in [0, 0.1) is 18.6 Å². The summed E-state index contributed by atoms with van der Waals surface area (Å²) in [5.74, 6) is -0.996. The summed E-state index contributed by atoms with van der Waals surface area (Å²) in [7, 11) is -3.79. The van der Waals surface area contributed by atoms with Gasteiger partial charge in [0, 0.05) is 30.9 Å². The number of aryl methyl sites for hydroxylation is 1. The number of nitrogens with zero attached hydrogens (tertiary/aromatic N) is 3. The number of nitrogens with one attached hydrogen (secondary N) is 1. The molecular weight excluding hydrogens is 362 g/mol. The van der Waals surface area contributed by atoms with Gasteiger partial charge in [0.1, 0.15) is 23.3 Å². The van der Waals surface area contributed by atoms with E-state index in [2.05, 4.69) is 19.6 Å². The van der Waals surface area contributed by atoms with Crippen molar-refractivity contribution in [2.75, 3.05) is 18.0 Å². The molecule has 1 saturated heterocycles. The van der Waals surface area contributed by atoms with Gasteiger partial charge < -0.3 is 4.90 Å². The maximum Gasteiger partial charge on any atom is 0.216 e. The number of sulfonamides is 1. The van der Waals surface area contributed by atoms with E-state index in [4.69, 9.17) is 0 Å². The summed E-state index contributed by atoms with van der Waals surface area (Å²) in [6.45, 7) is 3.59. The Balaban J connectivity index is 1.69. The summed E-state index contributed by atoms with van der Waals surface area (Å²) in [6, 6.07) is 4.57. The van der Waals surface area contributed by atoms with Crippen molar-refractivity contribution in [1.29, 1.82) is 0 Å². The van der Waals surface area contributed by atoms with Crippen molar-refractivity contribution in [2.24, 2.45) is 0 Å². The number of rotatable bonds is 6. The van der Waals surface area contributed by atoms with Gasteiger partial charge in [-0.3, -0.25) is 0 Å². The molecule has 9 heteroatoms. The normalized spacial score (nSPS) is 14.8. The average Bonchev–Trinajstić information content (AvgIpc) is 3.05. The van der Waals surface area contributed by atoms with E-state index in [-0.39, 0.29) is 12.1 Å². The topological polar surface area (TPSA) is 75.2 Å². The lowest BCUT2D eigenvalue weighted by Crippen LogP contribution is -2.27. The maximum atomic E-state index is 13.2. The third-order valence-corrected chi connectivity index (χ3v) is 5.34. The molecule has 1 aromatic heterocycles. The Morgan fingerprint density at radius 2 is 1.73 bits per heavy atom. The van der Waals surface area contributed by atoms with Gasteiger partial charge in [-0.1, -0.05) is 0 Å². The van der Waals surface area contributed by atoms with Gasteiger partial charge in [-0.25, -0.2) is 31.9 Å². The van der Waals surface area contributed by atoms with Crippen LogP contribution in [0.3, 0.4) is 0 Å². The summed E-state index contributed by atoms with van der Waals surface area (Å²) in [5.41, 5.74) is 0.793. The lowest BCUT2D eigenvalue weighted by molar-refractivity contribution is 0.573. The highest BCUT2D eigenvalue weighted by Gasteiger charge is 2.17. The molecule has 1 N–H and O–H groups in total. The van der Waals surface area contributed by atoms with Crippen LogP contribution in [0.5, 0.6) is 0 Å². The van der Waals surface area contributed by atoms with Crippen LogP contribution >= 0.6 is 0 Å². The first-order valence-corrected chi connectivity index (χ1v) is 9.98. The molecule has 1 aliphatic heterocycles. The van der Waals surface area contributed by atoms with Gasteiger partial charge in [0.25, 0.3) is 0 Å². The van der Waals surface area contributed by atoms with Crippen molar-refractivity contribution < 1.29 is 17.2 Å². The first-order valence-electron chi connectivity index (χ1n) is 8.32.